The summed E-state index contributed by atoms with van der Waals surface area (Å²) in [6.07, 6.45) is 6.07. The molecule has 1 aliphatic carbocycles. The highest BCUT2D eigenvalue weighted by atomic mass is 16.5. The van der Waals surface area contributed by atoms with E-state index in [1.165, 1.54) is 19.1 Å². The third-order valence-electron chi connectivity index (χ3n) is 4.77. The van der Waals surface area contributed by atoms with Crippen molar-refractivity contribution in [2.24, 2.45) is 11.3 Å². The van der Waals surface area contributed by atoms with Crippen molar-refractivity contribution in [3.63, 3.8) is 0 Å². The van der Waals surface area contributed by atoms with Gasteiger partial charge in [0.25, 0.3) is 0 Å². The van der Waals surface area contributed by atoms with Gasteiger partial charge < -0.3 is 9.53 Å². The molecule has 0 amide bonds. The fourth-order valence-corrected chi connectivity index (χ4v) is 3.25. The number of morpholine rings is 1. The van der Waals surface area contributed by atoms with Crippen molar-refractivity contribution >= 4 is 6.29 Å². The molecule has 3 nitrogen and oxygen atoms in total. The fraction of sp³-hybridized carbons (Fsp3) is 0.933. The van der Waals surface area contributed by atoms with Gasteiger partial charge in [0.05, 0.1) is 12.7 Å². The lowest BCUT2D eigenvalue weighted by Crippen LogP contribution is -2.52. The lowest BCUT2D eigenvalue weighted by atomic mass is 9.71. The van der Waals surface area contributed by atoms with E-state index in [1.54, 1.807) is 0 Å². The Labute approximate surface area is 111 Å². The molecular formula is C15H27NO2. The zero-order valence-corrected chi connectivity index (χ0v) is 12.0. The lowest BCUT2D eigenvalue weighted by molar-refractivity contribution is -0.123. The van der Waals surface area contributed by atoms with Gasteiger partial charge in [-0.3, -0.25) is 4.90 Å². The van der Waals surface area contributed by atoms with Crippen molar-refractivity contribution in [1.82, 2.24) is 4.90 Å². The second kappa shape index (κ2) is 5.70. The van der Waals surface area contributed by atoms with E-state index in [0.717, 1.165) is 38.5 Å². The summed E-state index contributed by atoms with van der Waals surface area (Å²) < 4.78 is 5.66. The van der Waals surface area contributed by atoms with Crippen molar-refractivity contribution < 1.29 is 9.53 Å². The molecule has 2 fully saturated rings. The molecule has 0 aromatic carbocycles. The first kappa shape index (κ1) is 14.0. The molecule has 0 aromatic heterocycles. The third kappa shape index (κ3) is 3.12. The van der Waals surface area contributed by atoms with Crippen LogP contribution < -0.4 is 0 Å². The predicted molar refractivity (Wildman–Crippen MR) is 72.6 cm³/mol. The Morgan fingerprint density at radius 1 is 1.28 bits per heavy atom. The lowest BCUT2D eigenvalue weighted by Gasteiger charge is -2.44. The number of rotatable bonds is 3. The third-order valence-corrected chi connectivity index (χ3v) is 4.77. The molecule has 2 unspecified atom stereocenters. The Bertz CT molecular complexity index is 284. The summed E-state index contributed by atoms with van der Waals surface area (Å²) in [4.78, 5) is 14.0. The second-order valence-electron chi connectivity index (χ2n) is 6.59. The van der Waals surface area contributed by atoms with Gasteiger partial charge in [-0.15, -0.1) is 0 Å². The summed E-state index contributed by atoms with van der Waals surface area (Å²) in [5.41, 5.74) is -0.0855. The number of carbonyl (C=O) groups is 1. The number of aldehydes is 1. The van der Waals surface area contributed by atoms with Crippen molar-refractivity contribution in [2.45, 2.75) is 58.6 Å². The van der Waals surface area contributed by atoms with Gasteiger partial charge in [0.1, 0.15) is 6.29 Å². The van der Waals surface area contributed by atoms with Gasteiger partial charge in [0.2, 0.25) is 0 Å². The van der Waals surface area contributed by atoms with Crippen LogP contribution in [0.15, 0.2) is 0 Å². The second-order valence-corrected chi connectivity index (χ2v) is 6.59. The SMILES string of the molecule is CC1CCC(C=O)(CN2CC(C)OCC2C)CC1. The largest absolute Gasteiger partial charge is 0.376 e. The van der Waals surface area contributed by atoms with E-state index in [9.17, 15) is 4.79 Å². The van der Waals surface area contributed by atoms with Crippen LogP contribution in [-0.4, -0.2) is 43.0 Å². The van der Waals surface area contributed by atoms with Crippen LogP contribution >= 0.6 is 0 Å². The maximum atomic E-state index is 11.6. The Hall–Kier alpha value is -0.410. The Morgan fingerprint density at radius 3 is 2.56 bits per heavy atom. The number of hydrogen-bond donors (Lipinski definition) is 0. The fourth-order valence-electron chi connectivity index (χ4n) is 3.25. The highest BCUT2D eigenvalue weighted by Crippen LogP contribution is 2.38. The van der Waals surface area contributed by atoms with Gasteiger partial charge in [-0.2, -0.15) is 0 Å². The van der Waals surface area contributed by atoms with Gasteiger partial charge in [0, 0.05) is 24.5 Å². The summed E-state index contributed by atoms with van der Waals surface area (Å²) in [5, 5.41) is 0. The summed E-state index contributed by atoms with van der Waals surface area (Å²) in [5.74, 6) is 0.791. The molecule has 1 saturated heterocycles. The average Bonchev–Trinajstić information content (AvgIpc) is 2.37. The molecule has 2 rings (SSSR count). The van der Waals surface area contributed by atoms with E-state index in [-0.39, 0.29) is 5.41 Å². The van der Waals surface area contributed by atoms with Crippen LogP contribution in [0.3, 0.4) is 0 Å². The van der Waals surface area contributed by atoms with Crippen LogP contribution in [0.2, 0.25) is 0 Å². The van der Waals surface area contributed by atoms with Gasteiger partial charge in [-0.25, -0.2) is 0 Å². The molecule has 0 spiro atoms. The van der Waals surface area contributed by atoms with E-state index in [1.807, 2.05) is 0 Å². The van der Waals surface area contributed by atoms with Crippen LogP contribution in [0.4, 0.5) is 0 Å². The predicted octanol–water partition coefficient (Wildman–Crippen LogP) is 2.49. The van der Waals surface area contributed by atoms with Crippen molar-refractivity contribution in [3.8, 4) is 0 Å². The summed E-state index contributed by atoms with van der Waals surface area (Å²) >= 11 is 0. The Balaban J connectivity index is 1.98. The zero-order valence-electron chi connectivity index (χ0n) is 12.0. The average molecular weight is 253 g/mol. The van der Waals surface area contributed by atoms with Gasteiger partial charge in [-0.05, 0) is 45.4 Å². The monoisotopic (exact) mass is 253 g/mol. The maximum absolute atomic E-state index is 11.6. The molecule has 1 aliphatic heterocycles. The Kier molecular flexibility index (Phi) is 4.44. The molecule has 0 N–H and O–H groups in total. The molecule has 0 bridgehead atoms. The van der Waals surface area contributed by atoms with Crippen molar-refractivity contribution in [2.75, 3.05) is 19.7 Å². The molecule has 0 radical (unpaired) electrons. The minimum Gasteiger partial charge on any atom is -0.376 e. The molecule has 0 aromatic rings. The van der Waals surface area contributed by atoms with E-state index in [4.69, 9.17) is 4.74 Å². The van der Waals surface area contributed by atoms with Crippen molar-refractivity contribution in [3.05, 3.63) is 0 Å². The van der Waals surface area contributed by atoms with Crippen molar-refractivity contribution in [1.29, 1.82) is 0 Å². The molecular weight excluding hydrogens is 226 g/mol. The van der Waals surface area contributed by atoms with Crippen LogP contribution in [0.1, 0.15) is 46.5 Å². The van der Waals surface area contributed by atoms with Gasteiger partial charge in [0.15, 0.2) is 0 Å². The first-order valence-corrected chi connectivity index (χ1v) is 7.37. The van der Waals surface area contributed by atoms with Crippen LogP contribution in [0, 0.1) is 11.3 Å². The topological polar surface area (TPSA) is 29.5 Å². The minimum atomic E-state index is -0.0855. The number of carbonyl (C=O) groups excluding carboxylic acids is 1. The maximum Gasteiger partial charge on any atom is 0.127 e. The smallest absolute Gasteiger partial charge is 0.127 e. The van der Waals surface area contributed by atoms with E-state index >= 15 is 0 Å². The van der Waals surface area contributed by atoms with Crippen LogP contribution in [0.25, 0.3) is 0 Å². The normalized spacial score (nSPS) is 42.7. The summed E-state index contributed by atoms with van der Waals surface area (Å²) in [6, 6.07) is 0.442. The molecule has 1 saturated carbocycles. The Morgan fingerprint density at radius 2 is 1.94 bits per heavy atom. The number of ether oxygens (including phenoxy) is 1. The van der Waals surface area contributed by atoms with E-state index in [2.05, 4.69) is 25.7 Å². The highest BCUT2D eigenvalue weighted by Gasteiger charge is 2.37. The molecule has 3 heteroatoms. The van der Waals surface area contributed by atoms with Gasteiger partial charge >= 0.3 is 0 Å². The molecule has 2 aliphatic rings. The molecule has 1 heterocycles. The van der Waals surface area contributed by atoms with E-state index in [0.29, 0.717) is 12.1 Å². The standard InChI is InChI=1S/C15H27NO2/c1-12-4-6-15(11-17,7-5-12)10-16-8-14(3)18-9-13(16)2/h11-14H,4-10H2,1-3H3. The van der Waals surface area contributed by atoms with Crippen LogP contribution in [-0.2, 0) is 9.53 Å². The van der Waals surface area contributed by atoms with Gasteiger partial charge in [-0.1, -0.05) is 6.92 Å². The number of hydrogen-bond acceptors (Lipinski definition) is 3. The summed E-state index contributed by atoms with van der Waals surface area (Å²) in [6.45, 7) is 9.32. The molecule has 104 valence electrons. The first-order chi connectivity index (χ1) is 8.54. The quantitative estimate of drug-likeness (QED) is 0.724. The number of nitrogens with zero attached hydrogens (tertiary/aromatic N) is 1. The summed E-state index contributed by atoms with van der Waals surface area (Å²) in [7, 11) is 0. The highest BCUT2D eigenvalue weighted by molar-refractivity contribution is 5.60. The molecule has 18 heavy (non-hydrogen) atoms. The molecule has 2 atom stereocenters. The minimum absolute atomic E-state index is 0.0855. The first-order valence-electron chi connectivity index (χ1n) is 7.37. The zero-order chi connectivity index (χ0) is 13.2. The van der Waals surface area contributed by atoms with Crippen LogP contribution in [0.5, 0.6) is 0 Å². The van der Waals surface area contributed by atoms with E-state index < -0.39 is 0 Å².